The highest BCUT2D eigenvalue weighted by Gasteiger charge is 2.22. The number of amides is 1. The zero-order chi connectivity index (χ0) is 10.3. The van der Waals surface area contributed by atoms with Crippen molar-refractivity contribution in [1.29, 1.82) is 0 Å². The molecule has 1 aromatic heterocycles. The van der Waals surface area contributed by atoms with Crippen LogP contribution in [0.2, 0.25) is 0 Å². The molecule has 2 rings (SSSR count). The zero-order valence-electron chi connectivity index (χ0n) is 8.55. The van der Waals surface area contributed by atoms with E-state index in [9.17, 15) is 4.79 Å². The average molecular weight is 193 g/mol. The number of aromatic nitrogens is 1. The van der Waals surface area contributed by atoms with Crippen molar-refractivity contribution in [1.82, 2.24) is 9.88 Å². The number of nitrogens with zero attached hydrogens (tertiary/aromatic N) is 1. The molecule has 0 radical (unpaired) electrons. The van der Waals surface area contributed by atoms with Crippen LogP contribution in [0.5, 0.6) is 0 Å². The van der Waals surface area contributed by atoms with E-state index in [0.29, 0.717) is 5.56 Å². The second-order valence-electron chi connectivity index (χ2n) is 3.72. The van der Waals surface area contributed by atoms with Gasteiger partial charge in [0.25, 0.3) is 5.91 Å². The molecule has 0 bridgehead atoms. The molecule has 0 atom stereocenters. The molecule has 4 nitrogen and oxygen atoms in total. The van der Waals surface area contributed by atoms with E-state index in [4.69, 9.17) is 5.73 Å². The Balaban J connectivity index is 2.65. The summed E-state index contributed by atoms with van der Waals surface area (Å²) in [5.41, 5.74) is 9.30. The fourth-order valence-corrected chi connectivity index (χ4v) is 2.15. The molecule has 2 heterocycles. The number of fused-ring (bicyclic) bond motifs is 1. The number of hydrogen-bond donors (Lipinski definition) is 2. The lowest BCUT2D eigenvalue weighted by Gasteiger charge is -2.18. The van der Waals surface area contributed by atoms with Crippen LogP contribution in [0.4, 0.5) is 0 Å². The molecule has 4 heteroatoms. The van der Waals surface area contributed by atoms with Gasteiger partial charge in [-0.1, -0.05) is 0 Å². The standard InChI is InChI=1S/C10H15N3O/c1-6-7(2)13-4-3-12-5-8(13)9(6)10(11)14/h12H,3-5H2,1-2H3,(H2,11,14). The third-order valence-corrected chi connectivity index (χ3v) is 2.99. The van der Waals surface area contributed by atoms with Gasteiger partial charge in [0.2, 0.25) is 0 Å². The Morgan fingerprint density at radius 3 is 2.86 bits per heavy atom. The van der Waals surface area contributed by atoms with E-state index < -0.39 is 0 Å². The number of rotatable bonds is 1. The van der Waals surface area contributed by atoms with Crippen LogP contribution in [-0.2, 0) is 13.1 Å². The molecule has 3 N–H and O–H groups in total. The first kappa shape index (κ1) is 9.27. The first-order valence-corrected chi connectivity index (χ1v) is 4.82. The molecular formula is C10H15N3O. The summed E-state index contributed by atoms with van der Waals surface area (Å²) in [4.78, 5) is 11.3. The fraction of sp³-hybridized carbons (Fsp3) is 0.500. The van der Waals surface area contributed by atoms with Crippen molar-refractivity contribution in [2.45, 2.75) is 26.9 Å². The highest BCUT2D eigenvalue weighted by molar-refractivity contribution is 5.96. The largest absolute Gasteiger partial charge is 0.366 e. The van der Waals surface area contributed by atoms with Gasteiger partial charge in [-0.05, 0) is 19.4 Å². The molecule has 1 amide bonds. The average Bonchev–Trinajstić information content (AvgIpc) is 2.41. The van der Waals surface area contributed by atoms with Crippen LogP contribution in [-0.4, -0.2) is 17.0 Å². The van der Waals surface area contributed by atoms with Crippen molar-refractivity contribution in [2.75, 3.05) is 6.54 Å². The minimum Gasteiger partial charge on any atom is -0.366 e. The maximum atomic E-state index is 11.3. The Labute approximate surface area is 83.1 Å². The molecule has 1 aromatic rings. The van der Waals surface area contributed by atoms with Crippen LogP contribution in [0.15, 0.2) is 0 Å². The molecule has 0 saturated carbocycles. The molecule has 0 aliphatic carbocycles. The van der Waals surface area contributed by atoms with Crippen molar-refractivity contribution in [3.05, 3.63) is 22.5 Å². The Morgan fingerprint density at radius 1 is 1.50 bits per heavy atom. The van der Waals surface area contributed by atoms with Crippen molar-refractivity contribution in [2.24, 2.45) is 5.73 Å². The zero-order valence-corrected chi connectivity index (χ0v) is 8.55. The molecule has 0 fully saturated rings. The highest BCUT2D eigenvalue weighted by atomic mass is 16.1. The van der Waals surface area contributed by atoms with Gasteiger partial charge < -0.3 is 15.6 Å². The van der Waals surface area contributed by atoms with E-state index in [1.54, 1.807) is 0 Å². The maximum Gasteiger partial charge on any atom is 0.250 e. The van der Waals surface area contributed by atoms with Crippen LogP contribution < -0.4 is 11.1 Å². The number of carbonyl (C=O) groups excluding carboxylic acids is 1. The van der Waals surface area contributed by atoms with E-state index in [0.717, 1.165) is 36.6 Å². The Morgan fingerprint density at radius 2 is 2.21 bits per heavy atom. The molecular weight excluding hydrogens is 178 g/mol. The number of primary amides is 1. The molecule has 0 spiro atoms. The van der Waals surface area contributed by atoms with Crippen LogP contribution in [0.1, 0.15) is 27.3 Å². The first-order chi connectivity index (χ1) is 6.63. The van der Waals surface area contributed by atoms with Crippen molar-refractivity contribution >= 4 is 5.91 Å². The minimum atomic E-state index is -0.317. The predicted molar refractivity (Wildman–Crippen MR) is 54.1 cm³/mol. The number of nitrogens with two attached hydrogens (primary N) is 1. The summed E-state index contributed by atoms with van der Waals surface area (Å²) >= 11 is 0. The smallest absolute Gasteiger partial charge is 0.250 e. The van der Waals surface area contributed by atoms with Gasteiger partial charge in [0.05, 0.1) is 5.56 Å². The second-order valence-corrected chi connectivity index (χ2v) is 3.72. The van der Waals surface area contributed by atoms with Gasteiger partial charge in [-0.25, -0.2) is 0 Å². The maximum absolute atomic E-state index is 11.3. The number of hydrogen-bond acceptors (Lipinski definition) is 2. The molecule has 76 valence electrons. The third kappa shape index (κ3) is 1.14. The van der Waals surface area contributed by atoms with E-state index >= 15 is 0 Å². The van der Waals surface area contributed by atoms with Crippen LogP contribution in [0.3, 0.4) is 0 Å². The van der Waals surface area contributed by atoms with E-state index in [-0.39, 0.29) is 5.91 Å². The van der Waals surface area contributed by atoms with Gasteiger partial charge >= 0.3 is 0 Å². The molecule has 0 saturated heterocycles. The van der Waals surface area contributed by atoms with Crippen molar-refractivity contribution < 1.29 is 4.79 Å². The second kappa shape index (κ2) is 3.13. The Bertz CT molecular complexity index is 393. The van der Waals surface area contributed by atoms with Crippen LogP contribution in [0, 0.1) is 13.8 Å². The van der Waals surface area contributed by atoms with Gasteiger partial charge in [-0.3, -0.25) is 4.79 Å². The van der Waals surface area contributed by atoms with Gasteiger partial charge in [0.15, 0.2) is 0 Å². The van der Waals surface area contributed by atoms with Gasteiger partial charge in [-0.2, -0.15) is 0 Å². The number of carbonyl (C=O) groups is 1. The lowest BCUT2D eigenvalue weighted by atomic mass is 10.1. The molecule has 14 heavy (non-hydrogen) atoms. The van der Waals surface area contributed by atoms with Crippen LogP contribution >= 0.6 is 0 Å². The summed E-state index contributed by atoms with van der Waals surface area (Å²) in [6.45, 7) is 6.62. The summed E-state index contributed by atoms with van der Waals surface area (Å²) in [6, 6.07) is 0. The Kier molecular flexibility index (Phi) is 2.07. The molecule has 0 aromatic carbocycles. The van der Waals surface area contributed by atoms with Gasteiger partial charge in [0.1, 0.15) is 0 Å². The Hall–Kier alpha value is -1.29. The summed E-state index contributed by atoms with van der Waals surface area (Å²) in [7, 11) is 0. The summed E-state index contributed by atoms with van der Waals surface area (Å²) in [5, 5.41) is 3.25. The molecule has 0 unspecified atom stereocenters. The number of nitrogens with one attached hydrogen (secondary N) is 1. The van der Waals surface area contributed by atoms with Gasteiger partial charge in [0, 0.05) is 31.0 Å². The highest BCUT2D eigenvalue weighted by Crippen LogP contribution is 2.23. The topological polar surface area (TPSA) is 60.1 Å². The lowest BCUT2D eigenvalue weighted by Crippen LogP contribution is -2.30. The quantitative estimate of drug-likeness (QED) is 0.674. The van der Waals surface area contributed by atoms with Crippen molar-refractivity contribution in [3.63, 3.8) is 0 Å². The van der Waals surface area contributed by atoms with Crippen LogP contribution in [0.25, 0.3) is 0 Å². The first-order valence-electron chi connectivity index (χ1n) is 4.82. The van der Waals surface area contributed by atoms with Crippen molar-refractivity contribution in [3.8, 4) is 0 Å². The SMILES string of the molecule is Cc1c(C(N)=O)c2n(c1C)CCNC2. The summed E-state index contributed by atoms with van der Waals surface area (Å²) in [6.07, 6.45) is 0. The fourth-order valence-electron chi connectivity index (χ4n) is 2.15. The van der Waals surface area contributed by atoms with E-state index in [2.05, 4.69) is 9.88 Å². The summed E-state index contributed by atoms with van der Waals surface area (Å²) < 4.78 is 2.19. The van der Waals surface area contributed by atoms with E-state index in [1.165, 1.54) is 0 Å². The van der Waals surface area contributed by atoms with E-state index in [1.807, 2.05) is 13.8 Å². The minimum absolute atomic E-state index is 0.317. The molecule has 1 aliphatic heterocycles. The lowest BCUT2D eigenvalue weighted by molar-refractivity contribution is 0.0998. The molecule has 1 aliphatic rings. The predicted octanol–water partition coefficient (Wildman–Crippen LogP) is 0.307. The normalized spacial score (nSPS) is 15.3. The summed E-state index contributed by atoms with van der Waals surface area (Å²) in [5.74, 6) is -0.317. The third-order valence-electron chi connectivity index (χ3n) is 2.99. The monoisotopic (exact) mass is 193 g/mol. The van der Waals surface area contributed by atoms with Gasteiger partial charge in [-0.15, -0.1) is 0 Å².